The lowest BCUT2D eigenvalue weighted by Crippen LogP contribution is -2.31. The monoisotopic (exact) mass is 407 g/mol. The molecule has 0 fully saturated rings. The molecule has 5 nitrogen and oxygen atoms in total. The number of unbranched alkanes of at least 4 members (excludes halogenated alkanes) is 3. The molecule has 2 aromatic heterocycles. The van der Waals surface area contributed by atoms with Gasteiger partial charge in [0.1, 0.15) is 4.83 Å². The molecule has 0 saturated heterocycles. The molecule has 3 rings (SSSR count). The van der Waals surface area contributed by atoms with Crippen molar-refractivity contribution in [2.45, 2.75) is 75.7 Å². The number of carbonyl (C=O) groups excluding carboxylic acids is 1. The van der Waals surface area contributed by atoms with Gasteiger partial charge in [-0.1, -0.05) is 37.9 Å². The molecule has 1 unspecified atom stereocenters. The van der Waals surface area contributed by atoms with Crippen LogP contribution in [0.2, 0.25) is 0 Å². The molecule has 1 aliphatic carbocycles. The van der Waals surface area contributed by atoms with Gasteiger partial charge in [0.15, 0.2) is 5.16 Å². The highest BCUT2D eigenvalue weighted by molar-refractivity contribution is 8.00. The number of hydrogen-bond donors (Lipinski definition) is 0. The molecule has 0 saturated carbocycles. The average Bonchev–Trinajstić information content (AvgIpc) is 3.20. The first-order chi connectivity index (χ1) is 12.9. The van der Waals surface area contributed by atoms with Crippen LogP contribution in [-0.4, -0.2) is 39.7 Å². The molecule has 0 aromatic carbocycles. The number of carbonyl (C=O) groups is 1. The van der Waals surface area contributed by atoms with E-state index in [9.17, 15) is 9.59 Å². The SMILES string of the molecule is CCCCCCn1c(SC(C)C(=O)N(C)C)nc2sc3c(c2c1=O)CCC3. The molecule has 0 N–H and O–H groups in total. The van der Waals surface area contributed by atoms with Crippen LogP contribution in [0.1, 0.15) is 56.4 Å². The predicted octanol–water partition coefficient (Wildman–Crippen LogP) is 4.10. The van der Waals surface area contributed by atoms with Crippen molar-refractivity contribution in [2.24, 2.45) is 0 Å². The molecule has 27 heavy (non-hydrogen) atoms. The molecule has 0 spiro atoms. The zero-order chi connectivity index (χ0) is 19.6. The lowest BCUT2D eigenvalue weighted by Gasteiger charge is -2.18. The zero-order valence-corrected chi connectivity index (χ0v) is 18.3. The summed E-state index contributed by atoms with van der Waals surface area (Å²) in [7, 11) is 3.52. The van der Waals surface area contributed by atoms with E-state index < -0.39 is 0 Å². The van der Waals surface area contributed by atoms with Crippen LogP contribution in [0, 0.1) is 0 Å². The number of hydrogen-bond acceptors (Lipinski definition) is 5. The number of thioether (sulfide) groups is 1. The Balaban J connectivity index is 1.99. The second-order valence-corrected chi connectivity index (χ2v) is 9.83. The van der Waals surface area contributed by atoms with Gasteiger partial charge in [-0.3, -0.25) is 14.2 Å². The third-order valence-electron chi connectivity index (χ3n) is 5.10. The smallest absolute Gasteiger partial charge is 0.263 e. The Morgan fingerprint density at radius 3 is 2.78 bits per heavy atom. The predicted molar refractivity (Wildman–Crippen MR) is 114 cm³/mol. The Hall–Kier alpha value is -1.34. The minimum absolute atomic E-state index is 0.0422. The fraction of sp³-hybridized carbons (Fsp3) is 0.650. The third kappa shape index (κ3) is 4.24. The Bertz CT molecular complexity index is 885. The van der Waals surface area contributed by atoms with Gasteiger partial charge in [0.25, 0.3) is 5.56 Å². The van der Waals surface area contributed by atoms with E-state index in [1.807, 2.05) is 11.5 Å². The average molecular weight is 408 g/mol. The van der Waals surface area contributed by atoms with Crippen molar-refractivity contribution in [3.8, 4) is 0 Å². The van der Waals surface area contributed by atoms with Crippen LogP contribution in [0.4, 0.5) is 0 Å². The number of amides is 1. The van der Waals surface area contributed by atoms with Crippen LogP contribution >= 0.6 is 23.1 Å². The number of rotatable bonds is 8. The summed E-state index contributed by atoms with van der Waals surface area (Å²) >= 11 is 3.07. The van der Waals surface area contributed by atoms with E-state index in [1.165, 1.54) is 35.0 Å². The van der Waals surface area contributed by atoms with E-state index in [4.69, 9.17) is 4.98 Å². The minimum atomic E-state index is -0.266. The summed E-state index contributed by atoms with van der Waals surface area (Å²) in [6.07, 6.45) is 7.61. The minimum Gasteiger partial charge on any atom is -0.348 e. The number of aromatic nitrogens is 2. The molecule has 1 amide bonds. The van der Waals surface area contributed by atoms with Gasteiger partial charge in [0.2, 0.25) is 5.91 Å². The number of thiophene rings is 1. The summed E-state index contributed by atoms with van der Waals surface area (Å²) in [5, 5.41) is 1.25. The lowest BCUT2D eigenvalue weighted by atomic mass is 10.2. The van der Waals surface area contributed by atoms with E-state index >= 15 is 0 Å². The normalized spacial score (nSPS) is 14.5. The van der Waals surface area contributed by atoms with Gasteiger partial charge in [-0.25, -0.2) is 4.98 Å². The molecule has 2 heterocycles. The quantitative estimate of drug-likeness (QED) is 0.376. The molecule has 0 aliphatic heterocycles. The van der Waals surface area contributed by atoms with Crippen LogP contribution < -0.4 is 5.56 Å². The molecule has 148 valence electrons. The van der Waals surface area contributed by atoms with Crippen LogP contribution in [0.5, 0.6) is 0 Å². The van der Waals surface area contributed by atoms with Gasteiger partial charge in [-0.15, -0.1) is 11.3 Å². The van der Waals surface area contributed by atoms with Crippen molar-refractivity contribution in [3.63, 3.8) is 0 Å². The molecule has 0 radical (unpaired) electrons. The van der Waals surface area contributed by atoms with Gasteiger partial charge in [0, 0.05) is 25.5 Å². The van der Waals surface area contributed by atoms with Crippen LogP contribution in [0.25, 0.3) is 10.2 Å². The molecule has 1 atom stereocenters. The Morgan fingerprint density at radius 1 is 1.30 bits per heavy atom. The van der Waals surface area contributed by atoms with Crippen LogP contribution in [-0.2, 0) is 24.2 Å². The van der Waals surface area contributed by atoms with E-state index in [0.29, 0.717) is 11.7 Å². The summed E-state index contributed by atoms with van der Waals surface area (Å²) in [5.41, 5.74) is 1.31. The third-order valence-corrected chi connectivity index (χ3v) is 7.36. The van der Waals surface area contributed by atoms with Gasteiger partial charge in [-0.05, 0) is 38.2 Å². The maximum atomic E-state index is 13.3. The van der Waals surface area contributed by atoms with E-state index in [-0.39, 0.29) is 16.7 Å². The summed E-state index contributed by atoms with van der Waals surface area (Å²) in [6.45, 7) is 4.75. The molecular formula is C20H29N3O2S2. The van der Waals surface area contributed by atoms with E-state index in [0.717, 1.165) is 42.3 Å². The number of fused-ring (bicyclic) bond motifs is 3. The van der Waals surface area contributed by atoms with Crippen LogP contribution in [0.3, 0.4) is 0 Å². The van der Waals surface area contributed by atoms with Gasteiger partial charge in [-0.2, -0.15) is 0 Å². The standard InChI is InChI=1S/C20H29N3O2S2/c1-5-6-7-8-12-23-19(25)16-14-10-9-11-15(14)27-17(16)21-20(23)26-13(2)18(24)22(3)4/h13H,5-12H2,1-4H3. The summed E-state index contributed by atoms with van der Waals surface area (Å²) in [5.74, 6) is 0.0422. The molecule has 2 aromatic rings. The Morgan fingerprint density at radius 2 is 2.07 bits per heavy atom. The highest BCUT2D eigenvalue weighted by Crippen LogP contribution is 2.36. The van der Waals surface area contributed by atoms with Gasteiger partial charge in [0.05, 0.1) is 10.6 Å². The fourth-order valence-corrected chi connectivity index (χ4v) is 6.00. The van der Waals surface area contributed by atoms with E-state index in [1.54, 1.807) is 30.3 Å². The van der Waals surface area contributed by atoms with Crippen molar-refractivity contribution in [2.75, 3.05) is 14.1 Å². The molecule has 0 bridgehead atoms. The molecular weight excluding hydrogens is 378 g/mol. The highest BCUT2D eigenvalue weighted by atomic mass is 32.2. The first kappa shape index (κ1) is 20.4. The van der Waals surface area contributed by atoms with E-state index in [2.05, 4.69) is 6.92 Å². The van der Waals surface area contributed by atoms with Gasteiger partial charge < -0.3 is 4.90 Å². The topological polar surface area (TPSA) is 55.2 Å². The fourth-order valence-electron chi connectivity index (χ4n) is 3.61. The second kappa shape index (κ2) is 8.78. The van der Waals surface area contributed by atoms with Crippen LogP contribution in [0.15, 0.2) is 9.95 Å². The second-order valence-electron chi connectivity index (χ2n) is 7.44. The largest absolute Gasteiger partial charge is 0.348 e. The van der Waals surface area contributed by atoms with Crippen molar-refractivity contribution in [1.82, 2.24) is 14.5 Å². The number of aryl methyl sites for hydroxylation is 2. The number of nitrogens with zero attached hydrogens (tertiary/aromatic N) is 3. The molecule has 1 aliphatic rings. The first-order valence-corrected chi connectivity index (χ1v) is 11.6. The van der Waals surface area contributed by atoms with Crippen molar-refractivity contribution in [1.29, 1.82) is 0 Å². The zero-order valence-electron chi connectivity index (χ0n) is 16.7. The van der Waals surface area contributed by atoms with Crippen molar-refractivity contribution < 1.29 is 4.79 Å². The summed E-state index contributed by atoms with van der Waals surface area (Å²) in [4.78, 5) is 34.3. The Labute approximate surface area is 169 Å². The summed E-state index contributed by atoms with van der Waals surface area (Å²) < 4.78 is 1.83. The van der Waals surface area contributed by atoms with Crippen molar-refractivity contribution >= 4 is 39.2 Å². The highest BCUT2D eigenvalue weighted by Gasteiger charge is 2.25. The Kier molecular flexibility index (Phi) is 6.63. The maximum Gasteiger partial charge on any atom is 0.263 e. The lowest BCUT2D eigenvalue weighted by molar-refractivity contribution is -0.127. The first-order valence-electron chi connectivity index (χ1n) is 9.87. The van der Waals surface area contributed by atoms with Crippen molar-refractivity contribution in [3.05, 3.63) is 20.8 Å². The van der Waals surface area contributed by atoms with Gasteiger partial charge >= 0.3 is 0 Å². The maximum absolute atomic E-state index is 13.3. The summed E-state index contributed by atoms with van der Waals surface area (Å²) in [6, 6.07) is 0. The molecule has 7 heteroatoms.